The molecular weight excluding hydrogens is 300 g/mol. The smallest absolute Gasteiger partial charge is 0.143 e. The SMILES string of the molecule is c1ccc(C2CNc3cc(CCN4CCOCC4)ccc3O2)cc1. The summed E-state index contributed by atoms with van der Waals surface area (Å²) in [6.07, 6.45) is 1.15. The molecule has 4 heteroatoms. The van der Waals surface area contributed by atoms with Crippen LogP contribution in [0, 0.1) is 0 Å². The molecule has 0 spiro atoms. The summed E-state index contributed by atoms with van der Waals surface area (Å²) < 4.78 is 11.6. The Labute approximate surface area is 143 Å². The standard InChI is InChI=1S/C20H24N2O2/c1-2-4-17(5-3-1)20-15-21-18-14-16(6-7-19(18)24-20)8-9-22-10-12-23-13-11-22/h1-7,14,20-21H,8-13,15H2. The zero-order chi connectivity index (χ0) is 16.2. The fourth-order valence-electron chi connectivity index (χ4n) is 3.34. The van der Waals surface area contributed by atoms with Crippen molar-refractivity contribution in [1.29, 1.82) is 0 Å². The lowest BCUT2D eigenvalue weighted by molar-refractivity contribution is 0.0384. The largest absolute Gasteiger partial charge is 0.482 e. The van der Waals surface area contributed by atoms with Crippen LogP contribution in [0.1, 0.15) is 17.2 Å². The molecule has 24 heavy (non-hydrogen) atoms. The molecule has 2 aromatic carbocycles. The van der Waals surface area contributed by atoms with E-state index in [9.17, 15) is 0 Å². The Hall–Kier alpha value is -2.04. The summed E-state index contributed by atoms with van der Waals surface area (Å²) in [5.74, 6) is 0.949. The second kappa shape index (κ2) is 7.24. The summed E-state index contributed by atoms with van der Waals surface area (Å²) in [7, 11) is 0. The fourth-order valence-corrected chi connectivity index (χ4v) is 3.34. The Morgan fingerprint density at radius 3 is 2.71 bits per heavy atom. The molecule has 1 saturated heterocycles. The van der Waals surface area contributed by atoms with Gasteiger partial charge in [-0.15, -0.1) is 0 Å². The third-order valence-electron chi connectivity index (χ3n) is 4.78. The number of nitrogens with one attached hydrogen (secondary N) is 1. The minimum Gasteiger partial charge on any atom is -0.482 e. The maximum absolute atomic E-state index is 6.18. The minimum absolute atomic E-state index is 0.0814. The highest BCUT2D eigenvalue weighted by Crippen LogP contribution is 2.34. The molecule has 0 aromatic heterocycles. The van der Waals surface area contributed by atoms with Crippen molar-refractivity contribution in [2.24, 2.45) is 0 Å². The molecular formula is C20H24N2O2. The highest BCUT2D eigenvalue weighted by atomic mass is 16.5. The number of fused-ring (bicyclic) bond motifs is 1. The Bertz CT molecular complexity index is 669. The molecule has 4 rings (SSSR count). The molecule has 4 nitrogen and oxygen atoms in total. The maximum Gasteiger partial charge on any atom is 0.143 e. The summed E-state index contributed by atoms with van der Waals surface area (Å²) in [5, 5.41) is 3.53. The van der Waals surface area contributed by atoms with Crippen molar-refractivity contribution in [3.63, 3.8) is 0 Å². The normalized spacial score (nSPS) is 20.8. The van der Waals surface area contributed by atoms with Crippen LogP contribution in [-0.2, 0) is 11.2 Å². The average Bonchev–Trinajstić information content (AvgIpc) is 2.67. The van der Waals surface area contributed by atoms with Crippen molar-refractivity contribution >= 4 is 5.69 Å². The van der Waals surface area contributed by atoms with Crippen molar-refractivity contribution in [3.8, 4) is 5.75 Å². The molecule has 0 bridgehead atoms. The first-order chi connectivity index (χ1) is 11.9. The number of hydrogen-bond donors (Lipinski definition) is 1. The van der Waals surface area contributed by atoms with Crippen molar-refractivity contribution in [2.75, 3.05) is 44.7 Å². The van der Waals surface area contributed by atoms with Gasteiger partial charge in [0, 0.05) is 19.6 Å². The average molecular weight is 324 g/mol. The summed E-state index contributed by atoms with van der Waals surface area (Å²) in [5.41, 5.74) is 3.68. The number of ether oxygens (including phenoxy) is 2. The predicted octanol–water partition coefficient (Wildman–Crippen LogP) is 3.11. The van der Waals surface area contributed by atoms with Crippen molar-refractivity contribution in [1.82, 2.24) is 4.90 Å². The van der Waals surface area contributed by atoms with E-state index in [2.05, 4.69) is 52.7 Å². The molecule has 0 amide bonds. The summed E-state index contributed by atoms with van der Waals surface area (Å²) >= 11 is 0. The van der Waals surface area contributed by atoms with Crippen LogP contribution in [0.25, 0.3) is 0 Å². The maximum atomic E-state index is 6.18. The van der Waals surface area contributed by atoms with Gasteiger partial charge in [-0.1, -0.05) is 36.4 Å². The molecule has 2 heterocycles. The lowest BCUT2D eigenvalue weighted by atomic mass is 10.1. The Morgan fingerprint density at radius 1 is 1.04 bits per heavy atom. The van der Waals surface area contributed by atoms with Gasteiger partial charge in [-0.05, 0) is 29.7 Å². The molecule has 126 valence electrons. The summed E-state index contributed by atoms with van der Waals surface area (Å²) in [4.78, 5) is 2.47. The molecule has 1 fully saturated rings. The van der Waals surface area contributed by atoms with E-state index < -0.39 is 0 Å². The van der Waals surface area contributed by atoms with Crippen LogP contribution in [0.4, 0.5) is 5.69 Å². The van der Waals surface area contributed by atoms with Crippen LogP contribution in [0.15, 0.2) is 48.5 Å². The number of anilines is 1. The predicted molar refractivity (Wildman–Crippen MR) is 95.7 cm³/mol. The minimum atomic E-state index is 0.0814. The quantitative estimate of drug-likeness (QED) is 0.937. The molecule has 0 saturated carbocycles. The second-order valence-corrected chi connectivity index (χ2v) is 6.43. The van der Waals surface area contributed by atoms with Crippen LogP contribution >= 0.6 is 0 Å². The van der Waals surface area contributed by atoms with Crippen LogP contribution < -0.4 is 10.1 Å². The van der Waals surface area contributed by atoms with Crippen LogP contribution in [0.3, 0.4) is 0 Å². The van der Waals surface area contributed by atoms with Gasteiger partial charge < -0.3 is 14.8 Å². The third-order valence-corrected chi connectivity index (χ3v) is 4.78. The number of benzene rings is 2. The third kappa shape index (κ3) is 3.55. The first-order valence-corrected chi connectivity index (χ1v) is 8.77. The molecule has 0 radical (unpaired) electrons. The lowest BCUT2D eigenvalue weighted by Crippen LogP contribution is -2.37. The van der Waals surface area contributed by atoms with Gasteiger partial charge in [-0.25, -0.2) is 0 Å². The number of rotatable bonds is 4. The number of hydrogen-bond acceptors (Lipinski definition) is 4. The van der Waals surface area contributed by atoms with Crippen molar-refractivity contribution in [3.05, 3.63) is 59.7 Å². The first kappa shape index (κ1) is 15.5. The zero-order valence-electron chi connectivity index (χ0n) is 13.9. The molecule has 2 aromatic rings. The van der Waals surface area contributed by atoms with Crippen LogP contribution in [0.5, 0.6) is 5.75 Å². The monoisotopic (exact) mass is 324 g/mol. The summed E-state index contributed by atoms with van der Waals surface area (Å²) in [6, 6.07) is 16.9. The van der Waals surface area contributed by atoms with Crippen molar-refractivity contribution < 1.29 is 9.47 Å². The van der Waals surface area contributed by atoms with Gasteiger partial charge in [0.15, 0.2) is 0 Å². The van der Waals surface area contributed by atoms with E-state index >= 15 is 0 Å². The van der Waals surface area contributed by atoms with Crippen LogP contribution in [0.2, 0.25) is 0 Å². The number of nitrogens with zero attached hydrogens (tertiary/aromatic N) is 1. The van der Waals surface area contributed by atoms with Gasteiger partial charge in [0.2, 0.25) is 0 Å². The molecule has 2 aliphatic rings. The summed E-state index contributed by atoms with van der Waals surface area (Å²) in [6.45, 7) is 5.72. The van der Waals surface area contributed by atoms with E-state index in [0.717, 1.165) is 57.3 Å². The fraction of sp³-hybridized carbons (Fsp3) is 0.400. The van der Waals surface area contributed by atoms with E-state index in [1.54, 1.807) is 0 Å². The van der Waals surface area contributed by atoms with E-state index in [-0.39, 0.29) is 6.10 Å². The Morgan fingerprint density at radius 2 is 1.88 bits per heavy atom. The lowest BCUT2D eigenvalue weighted by Gasteiger charge is -2.29. The molecule has 1 atom stereocenters. The van der Waals surface area contributed by atoms with Gasteiger partial charge in [-0.2, -0.15) is 0 Å². The van der Waals surface area contributed by atoms with Gasteiger partial charge in [0.05, 0.1) is 25.4 Å². The van der Waals surface area contributed by atoms with Crippen LogP contribution in [-0.4, -0.2) is 44.3 Å². The van der Waals surface area contributed by atoms with Crippen molar-refractivity contribution in [2.45, 2.75) is 12.5 Å². The zero-order valence-corrected chi connectivity index (χ0v) is 13.9. The number of morpholine rings is 1. The van der Waals surface area contributed by atoms with E-state index in [1.165, 1.54) is 11.1 Å². The van der Waals surface area contributed by atoms with Gasteiger partial charge in [0.25, 0.3) is 0 Å². The Balaban J connectivity index is 1.39. The highest BCUT2D eigenvalue weighted by Gasteiger charge is 2.21. The molecule has 1 unspecified atom stereocenters. The Kier molecular flexibility index (Phi) is 4.67. The van der Waals surface area contributed by atoms with Gasteiger partial charge >= 0.3 is 0 Å². The van der Waals surface area contributed by atoms with Gasteiger partial charge in [0.1, 0.15) is 11.9 Å². The van der Waals surface area contributed by atoms with E-state index in [4.69, 9.17) is 9.47 Å². The van der Waals surface area contributed by atoms with Gasteiger partial charge in [-0.3, -0.25) is 4.90 Å². The first-order valence-electron chi connectivity index (χ1n) is 8.77. The van der Waals surface area contributed by atoms with E-state index in [0.29, 0.717) is 0 Å². The molecule has 1 N–H and O–H groups in total. The molecule has 0 aliphatic carbocycles. The van der Waals surface area contributed by atoms with E-state index in [1.807, 2.05) is 6.07 Å². The topological polar surface area (TPSA) is 33.7 Å². The highest BCUT2D eigenvalue weighted by molar-refractivity contribution is 5.60. The molecule has 2 aliphatic heterocycles. The second-order valence-electron chi connectivity index (χ2n) is 6.43.